The molecule has 1 aliphatic heterocycles. The molecule has 0 atom stereocenters. The van der Waals surface area contributed by atoms with E-state index in [-0.39, 0.29) is 0 Å². The second-order valence-electron chi connectivity index (χ2n) is 1.97. The molecule has 1 saturated heterocycles. The molecule has 0 radical (unpaired) electrons. The zero-order chi connectivity index (χ0) is 7.11. The Morgan fingerprint density at radius 3 is 2.22 bits per heavy atom. The highest BCUT2D eigenvalue weighted by molar-refractivity contribution is 4.49. The van der Waals surface area contributed by atoms with Crippen molar-refractivity contribution in [3.05, 3.63) is 0 Å². The monoisotopic (exact) mass is 131 g/mol. The maximum atomic E-state index is 5.11. The van der Waals surface area contributed by atoms with Crippen molar-refractivity contribution in [3.63, 3.8) is 0 Å². The van der Waals surface area contributed by atoms with Crippen LogP contribution in [0.25, 0.3) is 0 Å². The Hall–Kier alpha value is -0.0800. The van der Waals surface area contributed by atoms with Crippen LogP contribution in [0.15, 0.2) is 0 Å². The lowest BCUT2D eigenvalue weighted by atomic mass is 10.4. The predicted molar refractivity (Wildman–Crippen MR) is 39.4 cm³/mol. The topological polar surface area (TPSA) is 12.5 Å². The Morgan fingerprint density at radius 2 is 2.00 bits per heavy atom. The summed E-state index contributed by atoms with van der Waals surface area (Å²) in [4.78, 5) is 2.17. The van der Waals surface area contributed by atoms with Gasteiger partial charge in [-0.25, -0.2) is 0 Å². The van der Waals surface area contributed by atoms with Gasteiger partial charge >= 0.3 is 0 Å². The molecule has 1 rings (SSSR count). The molecule has 0 N–H and O–H groups in total. The molecule has 0 amide bonds. The van der Waals surface area contributed by atoms with Crippen molar-refractivity contribution in [1.82, 2.24) is 4.90 Å². The molecular formula is C7H17NO. The molecule has 9 heavy (non-hydrogen) atoms. The highest BCUT2D eigenvalue weighted by Gasteiger charge is 2.02. The van der Waals surface area contributed by atoms with Crippen LogP contribution in [0.3, 0.4) is 0 Å². The van der Waals surface area contributed by atoms with Crippen molar-refractivity contribution in [2.75, 3.05) is 26.9 Å². The van der Waals surface area contributed by atoms with Crippen LogP contribution in [0.4, 0.5) is 0 Å². The zero-order valence-electron chi connectivity index (χ0n) is 6.68. The summed E-state index contributed by atoms with van der Waals surface area (Å²) in [5, 5.41) is 0. The normalized spacial score (nSPS) is 20.3. The van der Waals surface area contributed by atoms with Crippen LogP contribution >= 0.6 is 0 Å². The summed E-state index contributed by atoms with van der Waals surface area (Å²) >= 11 is 0. The predicted octanol–water partition coefficient (Wildman–Crippen LogP) is 1.32. The number of ether oxygens (including phenoxy) is 1. The molecule has 1 fully saturated rings. The van der Waals surface area contributed by atoms with Gasteiger partial charge in [-0.2, -0.15) is 0 Å². The lowest BCUT2D eigenvalue weighted by Gasteiger charge is -2.21. The molecule has 0 aromatic rings. The highest BCUT2D eigenvalue weighted by atomic mass is 16.5. The fourth-order valence-electron chi connectivity index (χ4n) is 0.721. The van der Waals surface area contributed by atoms with Gasteiger partial charge in [-0.05, 0) is 13.5 Å². The maximum absolute atomic E-state index is 5.11. The van der Waals surface area contributed by atoms with Crippen LogP contribution in [0, 0.1) is 0 Å². The molecule has 56 valence electrons. The largest absolute Gasteiger partial charge is 0.366 e. The zero-order valence-corrected chi connectivity index (χ0v) is 6.68. The Kier molecular flexibility index (Phi) is 5.99. The minimum Gasteiger partial charge on any atom is -0.366 e. The molecule has 0 aromatic heterocycles. The van der Waals surface area contributed by atoms with Gasteiger partial charge in [0, 0.05) is 13.2 Å². The quantitative estimate of drug-likeness (QED) is 0.491. The first-order chi connectivity index (χ1) is 4.39. The van der Waals surface area contributed by atoms with Gasteiger partial charge in [-0.3, -0.25) is 4.90 Å². The minimum absolute atomic E-state index is 0.819. The minimum atomic E-state index is 0.819. The molecule has 1 aliphatic rings. The van der Waals surface area contributed by atoms with Gasteiger partial charge in [0.1, 0.15) is 0 Å². The Labute approximate surface area is 57.8 Å². The summed E-state index contributed by atoms with van der Waals surface area (Å²) in [6, 6.07) is 0. The molecule has 2 nitrogen and oxygen atoms in total. The first kappa shape index (κ1) is 8.92. The number of hydrogen-bond donors (Lipinski definition) is 0. The number of nitrogens with zero attached hydrogens (tertiary/aromatic N) is 1. The van der Waals surface area contributed by atoms with Crippen LogP contribution in [0.1, 0.15) is 20.3 Å². The number of rotatable bonds is 0. The third-order valence-corrected chi connectivity index (χ3v) is 1.14. The van der Waals surface area contributed by atoms with Crippen molar-refractivity contribution in [1.29, 1.82) is 0 Å². The Balaban J connectivity index is 0.000000291. The lowest BCUT2D eigenvalue weighted by molar-refractivity contribution is 0.00119. The van der Waals surface area contributed by atoms with Crippen molar-refractivity contribution in [3.8, 4) is 0 Å². The lowest BCUT2D eigenvalue weighted by Crippen LogP contribution is -2.28. The van der Waals surface area contributed by atoms with Crippen molar-refractivity contribution in [2.24, 2.45) is 0 Å². The van der Waals surface area contributed by atoms with Gasteiger partial charge in [0.05, 0.1) is 6.73 Å². The fraction of sp³-hybridized carbons (Fsp3) is 1.00. The Bertz CT molecular complexity index is 50.9. The van der Waals surface area contributed by atoms with E-state index < -0.39 is 0 Å². The third-order valence-electron chi connectivity index (χ3n) is 1.14. The first-order valence-electron chi connectivity index (χ1n) is 3.66. The average molecular weight is 131 g/mol. The summed E-state index contributed by atoms with van der Waals surface area (Å²) < 4.78 is 5.11. The molecule has 2 heteroatoms. The summed E-state index contributed by atoms with van der Waals surface area (Å²) in [5.41, 5.74) is 0. The van der Waals surface area contributed by atoms with E-state index in [2.05, 4.69) is 11.9 Å². The maximum Gasteiger partial charge on any atom is 0.0987 e. The third kappa shape index (κ3) is 4.43. The molecule has 0 aliphatic carbocycles. The van der Waals surface area contributed by atoms with E-state index in [1.54, 1.807) is 0 Å². The van der Waals surface area contributed by atoms with Crippen LogP contribution in [0.2, 0.25) is 0 Å². The van der Waals surface area contributed by atoms with Gasteiger partial charge in [0.15, 0.2) is 0 Å². The Morgan fingerprint density at radius 1 is 1.33 bits per heavy atom. The second-order valence-corrected chi connectivity index (χ2v) is 1.97. The standard InChI is InChI=1S/C5H11NO.C2H6/c1-6-3-2-4-7-5-6;1-2/h2-5H2,1H3;1-2H3. The smallest absolute Gasteiger partial charge is 0.0987 e. The first-order valence-corrected chi connectivity index (χ1v) is 3.66. The summed E-state index contributed by atoms with van der Waals surface area (Å²) in [7, 11) is 2.07. The van der Waals surface area contributed by atoms with E-state index in [4.69, 9.17) is 4.74 Å². The van der Waals surface area contributed by atoms with Crippen LogP contribution in [0.5, 0.6) is 0 Å². The summed E-state index contributed by atoms with van der Waals surface area (Å²) in [6.45, 7) is 6.96. The summed E-state index contributed by atoms with van der Waals surface area (Å²) in [6.07, 6.45) is 1.19. The van der Waals surface area contributed by atoms with E-state index in [0.29, 0.717) is 0 Å². The van der Waals surface area contributed by atoms with E-state index in [1.165, 1.54) is 13.0 Å². The molecule has 1 heterocycles. The van der Waals surface area contributed by atoms with Crippen molar-refractivity contribution in [2.45, 2.75) is 20.3 Å². The van der Waals surface area contributed by atoms with Crippen molar-refractivity contribution >= 4 is 0 Å². The van der Waals surface area contributed by atoms with Crippen LogP contribution in [-0.4, -0.2) is 31.8 Å². The van der Waals surface area contributed by atoms with Gasteiger partial charge in [-0.1, -0.05) is 13.8 Å². The van der Waals surface area contributed by atoms with E-state index in [0.717, 1.165) is 13.3 Å². The fourth-order valence-corrected chi connectivity index (χ4v) is 0.721. The highest BCUT2D eigenvalue weighted by Crippen LogP contribution is 1.95. The van der Waals surface area contributed by atoms with Gasteiger partial charge < -0.3 is 4.74 Å². The van der Waals surface area contributed by atoms with Gasteiger partial charge in [-0.15, -0.1) is 0 Å². The molecule has 0 bridgehead atoms. The van der Waals surface area contributed by atoms with Crippen molar-refractivity contribution < 1.29 is 4.74 Å². The van der Waals surface area contributed by atoms with E-state index in [1.807, 2.05) is 13.8 Å². The average Bonchev–Trinajstić information content (AvgIpc) is 1.94. The van der Waals surface area contributed by atoms with Gasteiger partial charge in [0.25, 0.3) is 0 Å². The second kappa shape index (κ2) is 6.05. The summed E-state index contributed by atoms with van der Waals surface area (Å²) in [5.74, 6) is 0. The molecule has 0 unspecified atom stereocenters. The SMILES string of the molecule is CC.CN1CCCOC1. The molecule has 0 spiro atoms. The molecule has 0 saturated carbocycles. The van der Waals surface area contributed by atoms with Gasteiger partial charge in [0.2, 0.25) is 0 Å². The van der Waals surface area contributed by atoms with Crippen LogP contribution < -0.4 is 0 Å². The molecule has 0 aromatic carbocycles. The molecular weight excluding hydrogens is 114 g/mol. The van der Waals surface area contributed by atoms with Crippen LogP contribution in [-0.2, 0) is 4.74 Å². The van der Waals surface area contributed by atoms with E-state index in [9.17, 15) is 0 Å². The van der Waals surface area contributed by atoms with E-state index >= 15 is 0 Å². The number of hydrogen-bond acceptors (Lipinski definition) is 2.